The van der Waals surface area contributed by atoms with Gasteiger partial charge in [0.1, 0.15) is 17.2 Å². The molecule has 3 rings (SSSR count). The number of fused-ring (bicyclic) bond motifs is 2. The second kappa shape index (κ2) is 9.51. The molecule has 7 heteroatoms. The maximum atomic E-state index is 12.8. The van der Waals surface area contributed by atoms with Crippen LogP contribution in [0.5, 0.6) is 17.2 Å². The van der Waals surface area contributed by atoms with Gasteiger partial charge in [0.05, 0.1) is 33.4 Å². The van der Waals surface area contributed by atoms with Crippen LogP contribution in [0.15, 0.2) is 12.1 Å². The fourth-order valence-corrected chi connectivity index (χ4v) is 4.58. The van der Waals surface area contributed by atoms with Crippen molar-refractivity contribution in [2.45, 2.75) is 44.7 Å². The SMILES string of the molecule is COc1cc(OC)c(CNC(=O)C2CC3CCCC(C2)C3N)c(OC)c1.Cl. The summed E-state index contributed by atoms with van der Waals surface area (Å²) >= 11 is 0. The van der Waals surface area contributed by atoms with E-state index >= 15 is 0 Å². The van der Waals surface area contributed by atoms with Crippen molar-refractivity contribution in [1.82, 2.24) is 5.32 Å². The van der Waals surface area contributed by atoms with Gasteiger partial charge in [0.2, 0.25) is 5.91 Å². The van der Waals surface area contributed by atoms with Crippen molar-refractivity contribution < 1.29 is 19.0 Å². The van der Waals surface area contributed by atoms with Gasteiger partial charge in [0.15, 0.2) is 0 Å². The third-order valence-electron chi connectivity index (χ3n) is 6.04. The number of ether oxygens (including phenoxy) is 3. The summed E-state index contributed by atoms with van der Waals surface area (Å²) in [6.07, 6.45) is 5.36. The third-order valence-corrected chi connectivity index (χ3v) is 6.04. The highest BCUT2D eigenvalue weighted by molar-refractivity contribution is 5.85. The van der Waals surface area contributed by atoms with Gasteiger partial charge >= 0.3 is 0 Å². The summed E-state index contributed by atoms with van der Waals surface area (Å²) < 4.78 is 16.2. The maximum Gasteiger partial charge on any atom is 0.223 e. The lowest BCUT2D eigenvalue weighted by Gasteiger charge is -2.43. The summed E-state index contributed by atoms with van der Waals surface area (Å²) in [5.74, 6) is 3.08. The third kappa shape index (κ3) is 4.61. The first-order valence-electron chi connectivity index (χ1n) is 9.39. The van der Waals surface area contributed by atoms with Crippen LogP contribution < -0.4 is 25.3 Å². The highest BCUT2D eigenvalue weighted by Gasteiger charge is 2.40. The molecule has 0 heterocycles. The predicted octanol–water partition coefficient (Wildman–Crippen LogP) is 2.90. The number of hydrogen-bond donors (Lipinski definition) is 2. The summed E-state index contributed by atoms with van der Waals surface area (Å²) in [6.45, 7) is 0.368. The molecular formula is C20H31ClN2O4. The number of amides is 1. The number of carbonyl (C=O) groups excluding carboxylic acids is 1. The van der Waals surface area contributed by atoms with E-state index in [-0.39, 0.29) is 30.3 Å². The standard InChI is InChI=1S/C20H30N2O4.ClH/c1-24-15-9-17(25-2)16(18(10-15)26-3)11-22-20(23)14-7-12-5-4-6-13(8-14)19(12)21;/h9-10,12-14,19H,4-8,11,21H2,1-3H3,(H,22,23);1H. The maximum absolute atomic E-state index is 12.8. The summed E-state index contributed by atoms with van der Waals surface area (Å²) in [5.41, 5.74) is 7.15. The van der Waals surface area contributed by atoms with Crippen molar-refractivity contribution >= 4 is 18.3 Å². The number of carbonyl (C=O) groups is 1. The van der Waals surface area contributed by atoms with Crippen molar-refractivity contribution in [3.63, 3.8) is 0 Å². The smallest absolute Gasteiger partial charge is 0.223 e. The first kappa shape index (κ1) is 21.6. The van der Waals surface area contributed by atoms with Crippen LogP contribution in [0.2, 0.25) is 0 Å². The van der Waals surface area contributed by atoms with Crippen molar-refractivity contribution in [3.05, 3.63) is 17.7 Å². The summed E-state index contributed by atoms with van der Waals surface area (Å²) in [7, 11) is 4.80. The van der Waals surface area contributed by atoms with E-state index in [1.807, 2.05) is 0 Å². The van der Waals surface area contributed by atoms with Crippen molar-refractivity contribution in [2.24, 2.45) is 23.5 Å². The molecule has 2 fully saturated rings. The van der Waals surface area contributed by atoms with E-state index in [9.17, 15) is 4.79 Å². The van der Waals surface area contributed by atoms with Crippen LogP contribution in [-0.4, -0.2) is 33.3 Å². The number of nitrogens with two attached hydrogens (primary N) is 1. The first-order chi connectivity index (χ1) is 12.6. The Balaban J connectivity index is 0.00000261. The van der Waals surface area contributed by atoms with E-state index < -0.39 is 0 Å². The molecule has 3 N–H and O–H groups in total. The molecule has 1 aromatic rings. The summed E-state index contributed by atoms with van der Waals surface area (Å²) in [5, 5.41) is 3.08. The van der Waals surface area contributed by atoms with Crippen LogP contribution in [0.1, 0.15) is 37.7 Å². The highest BCUT2D eigenvalue weighted by Crippen LogP contribution is 2.42. The van der Waals surface area contributed by atoms with Crippen molar-refractivity contribution in [1.29, 1.82) is 0 Å². The van der Waals surface area contributed by atoms with Gasteiger partial charge in [-0.3, -0.25) is 4.79 Å². The molecule has 2 atom stereocenters. The molecule has 2 unspecified atom stereocenters. The summed E-state index contributed by atoms with van der Waals surface area (Å²) in [6, 6.07) is 3.87. The Bertz CT molecular complexity index is 616. The molecule has 27 heavy (non-hydrogen) atoms. The molecule has 2 aliphatic carbocycles. The molecule has 1 amide bonds. The van der Waals surface area contributed by atoms with Gasteiger partial charge in [0, 0.05) is 24.1 Å². The molecule has 1 aromatic carbocycles. The predicted molar refractivity (Wildman–Crippen MR) is 107 cm³/mol. The number of benzene rings is 1. The Morgan fingerprint density at radius 3 is 2.11 bits per heavy atom. The van der Waals surface area contributed by atoms with Gasteiger partial charge < -0.3 is 25.3 Å². The van der Waals surface area contributed by atoms with E-state index in [0.717, 1.165) is 31.2 Å². The molecular weight excluding hydrogens is 368 g/mol. The van der Waals surface area contributed by atoms with Crippen molar-refractivity contribution in [2.75, 3.05) is 21.3 Å². The van der Waals surface area contributed by atoms with Crippen LogP contribution in [0.25, 0.3) is 0 Å². The molecule has 2 bridgehead atoms. The second-order valence-corrected chi connectivity index (χ2v) is 7.43. The van der Waals surface area contributed by atoms with Gasteiger partial charge in [-0.15, -0.1) is 12.4 Å². The van der Waals surface area contributed by atoms with Crippen LogP contribution in [0, 0.1) is 17.8 Å². The lowest BCUT2D eigenvalue weighted by atomic mass is 9.65. The minimum absolute atomic E-state index is 0. The quantitative estimate of drug-likeness (QED) is 0.769. The number of hydrogen-bond acceptors (Lipinski definition) is 5. The molecule has 2 saturated carbocycles. The Kier molecular flexibility index (Phi) is 7.62. The molecule has 152 valence electrons. The zero-order valence-corrected chi connectivity index (χ0v) is 17.1. The van der Waals surface area contributed by atoms with Crippen LogP contribution in [0.3, 0.4) is 0 Å². The highest BCUT2D eigenvalue weighted by atomic mass is 35.5. The van der Waals surface area contributed by atoms with Gasteiger partial charge in [-0.25, -0.2) is 0 Å². The summed E-state index contributed by atoms with van der Waals surface area (Å²) in [4.78, 5) is 12.8. The Hall–Kier alpha value is -1.66. The van der Waals surface area contributed by atoms with E-state index in [0.29, 0.717) is 35.6 Å². The Morgan fingerprint density at radius 1 is 1.07 bits per heavy atom. The molecule has 0 aromatic heterocycles. The minimum atomic E-state index is 0. The zero-order chi connectivity index (χ0) is 18.7. The fourth-order valence-electron chi connectivity index (χ4n) is 4.58. The topological polar surface area (TPSA) is 82.8 Å². The van der Waals surface area contributed by atoms with E-state index in [1.54, 1.807) is 33.5 Å². The Morgan fingerprint density at radius 2 is 1.63 bits per heavy atom. The van der Waals surface area contributed by atoms with Crippen LogP contribution in [0.4, 0.5) is 0 Å². The first-order valence-corrected chi connectivity index (χ1v) is 9.39. The zero-order valence-electron chi connectivity index (χ0n) is 16.3. The molecule has 6 nitrogen and oxygen atoms in total. The number of rotatable bonds is 6. The van der Waals surface area contributed by atoms with Gasteiger partial charge in [-0.1, -0.05) is 6.42 Å². The Labute approximate surface area is 167 Å². The minimum Gasteiger partial charge on any atom is -0.496 e. The lowest BCUT2D eigenvalue weighted by molar-refractivity contribution is -0.128. The van der Waals surface area contributed by atoms with Crippen molar-refractivity contribution in [3.8, 4) is 17.2 Å². The van der Waals surface area contributed by atoms with Gasteiger partial charge in [-0.05, 0) is 37.5 Å². The molecule has 0 saturated heterocycles. The van der Waals surface area contributed by atoms with Gasteiger partial charge in [-0.2, -0.15) is 0 Å². The monoisotopic (exact) mass is 398 g/mol. The lowest BCUT2D eigenvalue weighted by Crippen LogP contribution is -2.49. The molecule has 0 spiro atoms. The molecule has 0 aliphatic heterocycles. The normalized spacial score (nSPS) is 26.5. The second-order valence-electron chi connectivity index (χ2n) is 7.43. The average Bonchev–Trinajstić information content (AvgIpc) is 2.65. The van der Waals surface area contributed by atoms with E-state index in [2.05, 4.69) is 5.32 Å². The molecule has 0 radical (unpaired) electrons. The van der Waals surface area contributed by atoms with E-state index in [4.69, 9.17) is 19.9 Å². The van der Waals surface area contributed by atoms with Crippen LogP contribution >= 0.6 is 12.4 Å². The number of methoxy groups -OCH3 is 3. The number of halogens is 1. The fraction of sp³-hybridized carbons (Fsp3) is 0.650. The largest absolute Gasteiger partial charge is 0.496 e. The van der Waals surface area contributed by atoms with Gasteiger partial charge in [0.25, 0.3) is 0 Å². The average molecular weight is 399 g/mol. The number of nitrogens with one attached hydrogen (secondary N) is 1. The molecule has 2 aliphatic rings. The van der Waals surface area contributed by atoms with E-state index in [1.165, 1.54) is 6.42 Å². The van der Waals surface area contributed by atoms with Crippen LogP contribution in [-0.2, 0) is 11.3 Å².